The molecule has 1 rings (SSSR count). The summed E-state index contributed by atoms with van der Waals surface area (Å²) in [5.41, 5.74) is 0.189. The number of aliphatic hydroxyl groups is 1. The van der Waals surface area contributed by atoms with Crippen molar-refractivity contribution < 1.29 is 13.5 Å². The summed E-state index contributed by atoms with van der Waals surface area (Å²) in [4.78, 5) is 0.228. The monoisotopic (exact) mass is 299 g/mol. The molecule has 0 heterocycles. The van der Waals surface area contributed by atoms with Crippen LogP contribution in [0.2, 0.25) is 0 Å². The van der Waals surface area contributed by atoms with Crippen LogP contribution in [0.4, 0.5) is 0 Å². The summed E-state index contributed by atoms with van der Waals surface area (Å²) in [6.07, 6.45) is 0.648. The first-order valence-electron chi connectivity index (χ1n) is 6.94. The van der Waals surface area contributed by atoms with Crippen LogP contribution in [0.3, 0.4) is 0 Å². The lowest BCUT2D eigenvalue weighted by atomic mass is 10.0. The van der Waals surface area contributed by atoms with E-state index in [-0.39, 0.29) is 4.90 Å². The quantitative estimate of drug-likeness (QED) is 0.878. The molecule has 0 spiro atoms. The Kier molecular flexibility index (Phi) is 5.35. The molecule has 1 aromatic carbocycles. The SMILES string of the molecule is CCC(O)c1cccc(S(=O)(=O)N(C)C(C)(C)CC)c1. The minimum atomic E-state index is -3.55. The Bertz CT molecular complexity index is 552. The zero-order chi connectivity index (χ0) is 15.6. The van der Waals surface area contributed by atoms with Crippen molar-refractivity contribution in [2.45, 2.75) is 57.1 Å². The Hall–Kier alpha value is -0.910. The molecule has 0 aliphatic heterocycles. The Labute approximate surface area is 122 Å². The first-order chi connectivity index (χ1) is 9.16. The normalized spacial score (nSPS) is 14.6. The summed E-state index contributed by atoms with van der Waals surface area (Å²) >= 11 is 0. The van der Waals surface area contributed by atoms with Gasteiger partial charge in [-0.2, -0.15) is 4.31 Å². The minimum absolute atomic E-state index is 0.228. The molecule has 4 nitrogen and oxygen atoms in total. The van der Waals surface area contributed by atoms with E-state index in [0.29, 0.717) is 12.0 Å². The molecule has 114 valence electrons. The number of nitrogens with zero attached hydrogens (tertiary/aromatic N) is 1. The van der Waals surface area contributed by atoms with Crippen molar-refractivity contribution in [2.75, 3.05) is 7.05 Å². The van der Waals surface area contributed by atoms with E-state index in [1.54, 1.807) is 31.3 Å². The van der Waals surface area contributed by atoms with Crippen LogP contribution in [-0.4, -0.2) is 30.4 Å². The Morgan fingerprint density at radius 1 is 1.30 bits per heavy atom. The lowest BCUT2D eigenvalue weighted by Gasteiger charge is -2.33. The van der Waals surface area contributed by atoms with Gasteiger partial charge in [-0.15, -0.1) is 0 Å². The molecule has 5 heteroatoms. The van der Waals surface area contributed by atoms with E-state index in [2.05, 4.69) is 0 Å². The fourth-order valence-electron chi connectivity index (χ4n) is 1.82. The minimum Gasteiger partial charge on any atom is -0.388 e. The van der Waals surface area contributed by atoms with Gasteiger partial charge >= 0.3 is 0 Å². The van der Waals surface area contributed by atoms with E-state index in [1.165, 1.54) is 4.31 Å². The lowest BCUT2D eigenvalue weighted by molar-refractivity contribution is 0.173. The number of hydrogen-bond donors (Lipinski definition) is 1. The molecule has 0 radical (unpaired) electrons. The summed E-state index contributed by atoms with van der Waals surface area (Å²) < 4.78 is 26.7. The number of benzene rings is 1. The molecule has 1 N–H and O–H groups in total. The molecule has 1 atom stereocenters. The standard InChI is InChI=1S/C15H25NO3S/c1-6-14(17)12-9-8-10-13(11-12)20(18,19)16(5)15(3,4)7-2/h8-11,14,17H,6-7H2,1-5H3. The van der Waals surface area contributed by atoms with Gasteiger partial charge in [0.1, 0.15) is 0 Å². The van der Waals surface area contributed by atoms with E-state index >= 15 is 0 Å². The van der Waals surface area contributed by atoms with Crippen LogP contribution >= 0.6 is 0 Å². The smallest absolute Gasteiger partial charge is 0.243 e. The molecule has 20 heavy (non-hydrogen) atoms. The first kappa shape index (κ1) is 17.1. The van der Waals surface area contributed by atoms with Crippen molar-refractivity contribution in [3.05, 3.63) is 29.8 Å². The van der Waals surface area contributed by atoms with Gasteiger partial charge in [-0.05, 0) is 44.4 Å². The topological polar surface area (TPSA) is 57.6 Å². The predicted molar refractivity (Wildman–Crippen MR) is 81.0 cm³/mol. The predicted octanol–water partition coefficient (Wildman–Crippen LogP) is 2.94. The second kappa shape index (κ2) is 6.24. The van der Waals surface area contributed by atoms with Gasteiger partial charge in [0.15, 0.2) is 0 Å². The number of rotatable bonds is 6. The lowest BCUT2D eigenvalue weighted by Crippen LogP contribution is -2.44. The second-order valence-electron chi connectivity index (χ2n) is 5.64. The van der Waals surface area contributed by atoms with Crippen molar-refractivity contribution in [3.8, 4) is 0 Å². The highest BCUT2D eigenvalue weighted by Gasteiger charge is 2.32. The maximum absolute atomic E-state index is 12.6. The fraction of sp³-hybridized carbons (Fsp3) is 0.600. The first-order valence-corrected chi connectivity index (χ1v) is 8.38. The van der Waals surface area contributed by atoms with Gasteiger partial charge in [0.05, 0.1) is 11.0 Å². The highest BCUT2D eigenvalue weighted by atomic mass is 32.2. The van der Waals surface area contributed by atoms with Crippen LogP contribution in [0.5, 0.6) is 0 Å². The van der Waals surface area contributed by atoms with Gasteiger partial charge in [-0.1, -0.05) is 26.0 Å². The van der Waals surface area contributed by atoms with Crippen molar-refractivity contribution in [3.63, 3.8) is 0 Å². The summed E-state index contributed by atoms with van der Waals surface area (Å²) in [5.74, 6) is 0. The zero-order valence-corrected chi connectivity index (χ0v) is 13.7. The van der Waals surface area contributed by atoms with Crippen LogP contribution in [0.1, 0.15) is 52.2 Å². The third-order valence-corrected chi connectivity index (χ3v) is 6.07. The third kappa shape index (κ3) is 3.40. The van der Waals surface area contributed by atoms with Gasteiger partial charge in [-0.3, -0.25) is 0 Å². The van der Waals surface area contributed by atoms with E-state index in [0.717, 1.165) is 6.42 Å². The van der Waals surface area contributed by atoms with Gasteiger partial charge < -0.3 is 5.11 Å². The molecule has 0 fully saturated rings. The molecule has 0 aliphatic carbocycles. The molecular formula is C15H25NO3S. The molecule has 1 aromatic rings. The average molecular weight is 299 g/mol. The molecule has 0 saturated carbocycles. The van der Waals surface area contributed by atoms with E-state index in [9.17, 15) is 13.5 Å². The van der Waals surface area contributed by atoms with Crippen molar-refractivity contribution >= 4 is 10.0 Å². The summed E-state index contributed by atoms with van der Waals surface area (Å²) in [6, 6.07) is 6.56. The highest BCUT2D eigenvalue weighted by Crippen LogP contribution is 2.27. The van der Waals surface area contributed by atoms with Crippen LogP contribution in [0.25, 0.3) is 0 Å². The molecule has 0 bridgehead atoms. The molecule has 1 unspecified atom stereocenters. The average Bonchev–Trinajstić information content (AvgIpc) is 2.45. The van der Waals surface area contributed by atoms with Gasteiger partial charge in [0.2, 0.25) is 10.0 Å². The Morgan fingerprint density at radius 2 is 1.90 bits per heavy atom. The molecule has 0 aliphatic rings. The molecule has 0 amide bonds. The number of sulfonamides is 1. The largest absolute Gasteiger partial charge is 0.388 e. The highest BCUT2D eigenvalue weighted by molar-refractivity contribution is 7.89. The third-order valence-electron chi connectivity index (χ3n) is 4.01. The number of aliphatic hydroxyl groups excluding tert-OH is 1. The molecular weight excluding hydrogens is 274 g/mol. The Morgan fingerprint density at radius 3 is 2.40 bits per heavy atom. The van der Waals surface area contributed by atoms with Gasteiger partial charge in [-0.25, -0.2) is 8.42 Å². The zero-order valence-electron chi connectivity index (χ0n) is 12.9. The molecule has 0 saturated heterocycles. The van der Waals surface area contributed by atoms with Crippen molar-refractivity contribution in [1.82, 2.24) is 4.31 Å². The second-order valence-corrected chi connectivity index (χ2v) is 7.60. The van der Waals surface area contributed by atoms with Crippen molar-refractivity contribution in [2.24, 2.45) is 0 Å². The molecule has 0 aromatic heterocycles. The Balaban J connectivity index is 3.23. The maximum atomic E-state index is 12.6. The van der Waals surface area contributed by atoms with Gasteiger partial charge in [0, 0.05) is 12.6 Å². The van der Waals surface area contributed by atoms with E-state index in [1.807, 2.05) is 27.7 Å². The van der Waals surface area contributed by atoms with Crippen molar-refractivity contribution in [1.29, 1.82) is 0 Å². The number of hydrogen-bond acceptors (Lipinski definition) is 3. The summed E-state index contributed by atoms with van der Waals surface area (Å²) in [7, 11) is -1.95. The van der Waals surface area contributed by atoms with E-state index in [4.69, 9.17) is 0 Å². The van der Waals surface area contributed by atoms with Crippen LogP contribution in [-0.2, 0) is 10.0 Å². The van der Waals surface area contributed by atoms with Crippen LogP contribution in [0, 0.1) is 0 Å². The van der Waals surface area contributed by atoms with Crippen LogP contribution in [0.15, 0.2) is 29.2 Å². The summed E-state index contributed by atoms with van der Waals surface area (Å²) in [6.45, 7) is 7.62. The maximum Gasteiger partial charge on any atom is 0.243 e. The van der Waals surface area contributed by atoms with Crippen LogP contribution < -0.4 is 0 Å². The summed E-state index contributed by atoms with van der Waals surface area (Å²) in [5, 5.41) is 9.86. The van der Waals surface area contributed by atoms with Gasteiger partial charge in [0.25, 0.3) is 0 Å². The van der Waals surface area contributed by atoms with E-state index < -0.39 is 21.7 Å². The fourth-order valence-corrected chi connectivity index (χ4v) is 3.46.